The summed E-state index contributed by atoms with van der Waals surface area (Å²) in [7, 11) is 3.34. The molecule has 1 aliphatic heterocycles. The third kappa shape index (κ3) is 5.92. The monoisotopic (exact) mass is 546 g/mol. The summed E-state index contributed by atoms with van der Waals surface area (Å²) < 4.78 is 10.7. The average molecular weight is 547 g/mol. The number of halogens is 1. The van der Waals surface area contributed by atoms with Crippen molar-refractivity contribution in [3.8, 4) is 11.5 Å². The van der Waals surface area contributed by atoms with Crippen molar-refractivity contribution in [2.45, 2.75) is 31.1 Å². The number of rotatable bonds is 8. The summed E-state index contributed by atoms with van der Waals surface area (Å²) >= 11 is 7.61. The Balaban J connectivity index is 1.40. The van der Waals surface area contributed by atoms with Crippen LogP contribution in [-0.4, -0.2) is 36.6 Å². The Morgan fingerprint density at radius 3 is 2.32 bits per heavy atom. The summed E-state index contributed by atoms with van der Waals surface area (Å²) in [6, 6.07) is 23.7. The largest absolute Gasteiger partial charge is 0.497 e. The summed E-state index contributed by atoms with van der Waals surface area (Å²) in [4.78, 5) is 13.6. The molecule has 1 aliphatic carbocycles. The zero-order valence-electron chi connectivity index (χ0n) is 21.6. The fourth-order valence-corrected chi connectivity index (χ4v) is 6.11. The lowest BCUT2D eigenvalue weighted by Crippen LogP contribution is -2.32. The van der Waals surface area contributed by atoms with Gasteiger partial charge in [0.05, 0.1) is 31.7 Å². The maximum Gasteiger partial charge on any atom is 0.253 e. The topological polar surface area (TPSA) is 51.1 Å². The molecule has 3 aromatic carbocycles. The van der Waals surface area contributed by atoms with Crippen molar-refractivity contribution >= 4 is 41.1 Å². The van der Waals surface area contributed by atoms with Crippen LogP contribution in [0.5, 0.6) is 11.5 Å². The van der Waals surface area contributed by atoms with Crippen molar-refractivity contribution in [1.29, 1.82) is 0 Å². The first-order chi connectivity index (χ1) is 18.6. The molecule has 0 spiro atoms. The SMILES string of the molecule is COc1ccc(/C=C2\CCCC3C2=NN(C(=O)CSCc2ccc(Cl)cc2)C3c2ccc(OC)cc2)cc1. The smallest absolute Gasteiger partial charge is 0.253 e. The molecule has 7 heteroatoms. The third-order valence-corrected chi connectivity index (χ3v) is 8.32. The van der Waals surface area contributed by atoms with Crippen molar-refractivity contribution < 1.29 is 14.3 Å². The van der Waals surface area contributed by atoms with Crippen LogP contribution in [0, 0.1) is 5.92 Å². The number of allylic oxidation sites excluding steroid dienone is 1. The molecule has 1 saturated carbocycles. The van der Waals surface area contributed by atoms with Gasteiger partial charge in [0.1, 0.15) is 11.5 Å². The summed E-state index contributed by atoms with van der Waals surface area (Å²) in [6.07, 6.45) is 5.21. The van der Waals surface area contributed by atoms with Crippen LogP contribution in [0.25, 0.3) is 6.08 Å². The molecule has 2 unspecified atom stereocenters. The summed E-state index contributed by atoms with van der Waals surface area (Å²) in [5.41, 5.74) is 5.56. The van der Waals surface area contributed by atoms with Gasteiger partial charge in [-0.15, -0.1) is 11.8 Å². The van der Waals surface area contributed by atoms with Crippen LogP contribution in [0.3, 0.4) is 0 Å². The van der Waals surface area contributed by atoms with Gasteiger partial charge in [-0.2, -0.15) is 5.10 Å². The number of fused-ring (bicyclic) bond motifs is 1. The van der Waals surface area contributed by atoms with Gasteiger partial charge in [-0.05, 0) is 84.0 Å². The Morgan fingerprint density at radius 2 is 1.66 bits per heavy atom. The van der Waals surface area contributed by atoms with Crippen molar-refractivity contribution in [2.24, 2.45) is 11.0 Å². The number of amides is 1. The van der Waals surface area contributed by atoms with Crippen LogP contribution in [-0.2, 0) is 10.5 Å². The van der Waals surface area contributed by atoms with E-state index in [1.165, 1.54) is 5.57 Å². The average Bonchev–Trinajstić information content (AvgIpc) is 3.35. The van der Waals surface area contributed by atoms with Crippen molar-refractivity contribution in [3.63, 3.8) is 0 Å². The molecule has 1 heterocycles. The number of ether oxygens (including phenoxy) is 2. The van der Waals surface area contributed by atoms with Gasteiger partial charge in [-0.1, -0.05) is 48.0 Å². The van der Waals surface area contributed by atoms with Crippen LogP contribution in [0.1, 0.15) is 42.0 Å². The van der Waals surface area contributed by atoms with Gasteiger partial charge in [0.15, 0.2) is 0 Å². The molecule has 3 aromatic rings. The minimum atomic E-state index is -0.126. The van der Waals surface area contributed by atoms with E-state index in [2.05, 4.69) is 30.3 Å². The quantitative estimate of drug-likeness (QED) is 0.295. The molecule has 1 amide bonds. The molecular weight excluding hydrogens is 516 g/mol. The number of hydrogen-bond donors (Lipinski definition) is 0. The Kier molecular flexibility index (Phi) is 8.40. The number of thioether (sulfide) groups is 1. The Morgan fingerprint density at radius 1 is 1.00 bits per heavy atom. The maximum absolute atomic E-state index is 13.6. The molecule has 196 valence electrons. The van der Waals surface area contributed by atoms with Gasteiger partial charge in [0, 0.05) is 16.7 Å². The lowest BCUT2D eigenvalue weighted by Gasteiger charge is -2.29. The Hall–Kier alpha value is -3.22. The highest BCUT2D eigenvalue weighted by Gasteiger charge is 2.43. The van der Waals surface area contributed by atoms with E-state index in [1.807, 2.05) is 48.5 Å². The normalized spacial score (nSPS) is 19.7. The van der Waals surface area contributed by atoms with Gasteiger partial charge in [0.25, 0.3) is 5.91 Å². The highest BCUT2D eigenvalue weighted by atomic mass is 35.5. The molecule has 2 atom stereocenters. The first-order valence-corrected chi connectivity index (χ1v) is 14.3. The molecule has 1 fully saturated rings. The summed E-state index contributed by atoms with van der Waals surface area (Å²) in [6.45, 7) is 0. The van der Waals surface area contributed by atoms with Gasteiger partial charge < -0.3 is 9.47 Å². The molecule has 5 rings (SSSR count). The highest BCUT2D eigenvalue weighted by Crippen LogP contribution is 2.45. The predicted molar refractivity (Wildman–Crippen MR) is 156 cm³/mol. The number of carbonyl (C=O) groups excluding carboxylic acids is 1. The van der Waals surface area contributed by atoms with Crippen molar-refractivity contribution in [1.82, 2.24) is 5.01 Å². The number of benzene rings is 3. The van der Waals surface area contributed by atoms with E-state index in [1.54, 1.807) is 31.0 Å². The van der Waals surface area contributed by atoms with E-state index < -0.39 is 0 Å². The van der Waals surface area contributed by atoms with E-state index >= 15 is 0 Å². The third-order valence-electron chi connectivity index (χ3n) is 7.08. The highest BCUT2D eigenvalue weighted by molar-refractivity contribution is 7.99. The first-order valence-electron chi connectivity index (χ1n) is 12.8. The van der Waals surface area contributed by atoms with Crippen LogP contribution in [0.15, 0.2) is 83.5 Å². The Bertz CT molecular complexity index is 1320. The van der Waals surface area contributed by atoms with Crippen molar-refractivity contribution in [3.05, 3.63) is 100 Å². The summed E-state index contributed by atoms with van der Waals surface area (Å²) in [5.74, 6) is 2.91. The van der Waals surface area contributed by atoms with Crippen LogP contribution >= 0.6 is 23.4 Å². The van der Waals surface area contributed by atoms with Gasteiger partial charge >= 0.3 is 0 Å². The zero-order valence-corrected chi connectivity index (χ0v) is 23.2. The van der Waals surface area contributed by atoms with Crippen LogP contribution in [0.4, 0.5) is 0 Å². The molecule has 0 bridgehead atoms. The molecule has 5 nitrogen and oxygen atoms in total. The number of methoxy groups -OCH3 is 2. The maximum atomic E-state index is 13.6. The number of hydrazone groups is 1. The van der Waals surface area contributed by atoms with E-state index in [9.17, 15) is 4.79 Å². The fraction of sp³-hybridized carbons (Fsp3) is 0.290. The number of hydrogen-bond acceptors (Lipinski definition) is 5. The molecule has 2 aliphatic rings. The van der Waals surface area contributed by atoms with E-state index in [4.69, 9.17) is 26.2 Å². The second-order valence-corrected chi connectivity index (χ2v) is 10.9. The van der Waals surface area contributed by atoms with Gasteiger partial charge in [-0.3, -0.25) is 4.79 Å². The second-order valence-electron chi connectivity index (χ2n) is 9.50. The van der Waals surface area contributed by atoms with Crippen LogP contribution < -0.4 is 9.47 Å². The predicted octanol–water partition coefficient (Wildman–Crippen LogP) is 7.41. The zero-order chi connectivity index (χ0) is 26.5. The van der Waals surface area contributed by atoms with E-state index in [0.29, 0.717) is 10.8 Å². The number of nitrogens with zero attached hydrogens (tertiary/aromatic N) is 2. The lowest BCUT2D eigenvalue weighted by atomic mass is 9.77. The molecule has 38 heavy (non-hydrogen) atoms. The number of carbonyl (C=O) groups is 1. The lowest BCUT2D eigenvalue weighted by molar-refractivity contribution is -0.130. The summed E-state index contributed by atoms with van der Waals surface area (Å²) in [5, 5.41) is 7.46. The molecule has 0 saturated heterocycles. The minimum Gasteiger partial charge on any atom is -0.497 e. The fourth-order valence-electron chi connectivity index (χ4n) is 5.15. The minimum absolute atomic E-state index is 0.0236. The second kappa shape index (κ2) is 12.1. The molecular formula is C31H31ClN2O3S. The molecule has 0 N–H and O–H groups in total. The van der Waals surface area contributed by atoms with Gasteiger partial charge in [0.2, 0.25) is 0 Å². The van der Waals surface area contributed by atoms with E-state index in [0.717, 1.165) is 58.9 Å². The van der Waals surface area contributed by atoms with E-state index in [-0.39, 0.29) is 17.9 Å². The molecule has 0 radical (unpaired) electrons. The van der Waals surface area contributed by atoms with Crippen molar-refractivity contribution in [2.75, 3.05) is 20.0 Å². The van der Waals surface area contributed by atoms with Crippen LogP contribution in [0.2, 0.25) is 5.02 Å². The first kappa shape index (κ1) is 26.4. The standard InChI is InChI=1S/C31H31ClN2O3S/c1-36-26-14-8-21(9-15-26)18-24-4-3-5-28-30(24)33-34(31(28)23-10-16-27(37-2)17-11-23)29(35)20-38-19-22-6-12-25(32)13-7-22/h6-18,28,31H,3-5,19-20H2,1-2H3/b24-18+. The van der Waals surface area contributed by atoms with Gasteiger partial charge in [-0.25, -0.2) is 5.01 Å². The molecule has 0 aromatic heterocycles. The Labute approximate surface area is 233 Å².